The maximum absolute atomic E-state index is 5.72. The van der Waals surface area contributed by atoms with Crippen molar-refractivity contribution in [1.29, 1.82) is 0 Å². The molecule has 0 unspecified atom stereocenters. The molecule has 0 saturated heterocycles. The second-order valence-electron chi connectivity index (χ2n) is 2.95. The van der Waals surface area contributed by atoms with E-state index in [1.807, 2.05) is 18.2 Å². The van der Waals surface area contributed by atoms with Crippen molar-refractivity contribution in [2.75, 3.05) is 0 Å². The molecule has 0 bridgehead atoms. The first-order valence-corrected chi connectivity index (χ1v) is 4.08. The molecule has 0 aliphatic heterocycles. The van der Waals surface area contributed by atoms with E-state index in [4.69, 9.17) is 5.73 Å². The zero-order valence-corrected chi connectivity index (χ0v) is 6.83. The number of hydrogen-bond acceptors (Lipinski definition) is 1. The van der Waals surface area contributed by atoms with E-state index in [9.17, 15) is 0 Å². The fourth-order valence-corrected chi connectivity index (χ4v) is 1.41. The van der Waals surface area contributed by atoms with Crippen LogP contribution in [0.3, 0.4) is 0 Å². The Morgan fingerprint density at radius 2 is 2.08 bits per heavy atom. The van der Waals surface area contributed by atoms with E-state index in [1.165, 1.54) is 11.1 Å². The molecule has 0 aromatic carbocycles. The quantitative estimate of drug-likeness (QED) is 0.573. The van der Waals surface area contributed by atoms with Gasteiger partial charge in [-0.25, -0.2) is 0 Å². The Morgan fingerprint density at radius 1 is 1.17 bits per heavy atom. The predicted molar refractivity (Wildman–Crippen MR) is 51.3 cm³/mol. The van der Waals surface area contributed by atoms with Gasteiger partial charge in [-0.1, -0.05) is 30.4 Å². The summed E-state index contributed by atoms with van der Waals surface area (Å²) in [5, 5.41) is 0. The third-order valence-electron chi connectivity index (χ3n) is 2.03. The molecular weight excluding hydrogens is 146 g/mol. The van der Waals surface area contributed by atoms with Crippen LogP contribution in [0.2, 0.25) is 0 Å². The molecule has 0 aromatic heterocycles. The van der Waals surface area contributed by atoms with Gasteiger partial charge in [-0.05, 0) is 29.7 Å². The van der Waals surface area contributed by atoms with Gasteiger partial charge in [-0.2, -0.15) is 0 Å². The van der Waals surface area contributed by atoms with Gasteiger partial charge in [0.2, 0.25) is 0 Å². The summed E-state index contributed by atoms with van der Waals surface area (Å²) in [6.45, 7) is 0. The van der Waals surface area contributed by atoms with Crippen molar-refractivity contribution in [1.82, 2.24) is 0 Å². The van der Waals surface area contributed by atoms with Crippen LogP contribution >= 0.6 is 0 Å². The molecule has 2 N–H and O–H groups in total. The van der Waals surface area contributed by atoms with Gasteiger partial charge in [0.1, 0.15) is 0 Å². The molecule has 0 atom stereocenters. The molecule has 0 radical (unpaired) electrons. The fourth-order valence-electron chi connectivity index (χ4n) is 1.41. The second kappa shape index (κ2) is 2.86. The Morgan fingerprint density at radius 3 is 3.00 bits per heavy atom. The van der Waals surface area contributed by atoms with Crippen LogP contribution in [0.25, 0.3) is 0 Å². The summed E-state index contributed by atoms with van der Waals surface area (Å²) in [6, 6.07) is 0. The van der Waals surface area contributed by atoms with Crippen LogP contribution in [0.4, 0.5) is 0 Å². The largest absolute Gasteiger partial charge is 0.399 e. The number of rotatable bonds is 0. The predicted octanol–water partition coefficient (Wildman–Crippen LogP) is 2.21. The smallest absolute Gasteiger partial charge is 0.0317 e. The van der Waals surface area contributed by atoms with Crippen molar-refractivity contribution in [2.24, 2.45) is 5.73 Å². The lowest BCUT2D eigenvalue weighted by Gasteiger charge is -2.08. The molecule has 60 valence electrons. The molecule has 0 aromatic rings. The van der Waals surface area contributed by atoms with E-state index < -0.39 is 0 Å². The van der Waals surface area contributed by atoms with Gasteiger partial charge >= 0.3 is 0 Å². The average Bonchev–Trinajstić information content (AvgIpc) is 2.25. The lowest BCUT2D eigenvalue weighted by molar-refractivity contribution is 1.21. The van der Waals surface area contributed by atoms with E-state index in [1.54, 1.807) is 0 Å². The summed E-state index contributed by atoms with van der Waals surface area (Å²) >= 11 is 0. The lowest BCUT2D eigenvalue weighted by Crippen LogP contribution is -1.95. The summed E-state index contributed by atoms with van der Waals surface area (Å²) in [5.41, 5.74) is 9.14. The van der Waals surface area contributed by atoms with Gasteiger partial charge < -0.3 is 5.73 Å². The SMILES string of the molecule is NC1=CC=CC2=CC=CCC2=C1. The standard InChI is InChI=1S/C11H11N/c12-11-7-3-6-9-4-1-2-5-10(9)8-11/h1-4,6-8H,5,12H2. The van der Waals surface area contributed by atoms with Gasteiger partial charge in [-0.3, -0.25) is 0 Å². The lowest BCUT2D eigenvalue weighted by atomic mass is 9.98. The van der Waals surface area contributed by atoms with Crippen molar-refractivity contribution in [3.8, 4) is 0 Å². The Bertz CT molecular complexity index is 338. The average molecular weight is 157 g/mol. The molecule has 2 aliphatic carbocycles. The molecule has 0 spiro atoms. The summed E-state index contributed by atoms with van der Waals surface area (Å²) in [7, 11) is 0. The maximum Gasteiger partial charge on any atom is 0.0317 e. The second-order valence-corrected chi connectivity index (χ2v) is 2.95. The molecular formula is C11H11N. The van der Waals surface area contributed by atoms with Crippen LogP contribution in [0.1, 0.15) is 6.42 Å². The molecule has 12 heavy (non-hydrogen) atoms. The van der Waals surface area contributed by atoms with E-state index in [0.717, 1.165) is 12.1 Å². The molecule has 0 amide bonds. The first-order chi connectivity index (χ1) is 5.86. The first kappa shape index (κ1) is 7.17. The molecule has 1 heteroatoms. The fraction of sp³-hybridized carbons (Fsp3) is 0.0909. The van der Waals surface area contributed by atoms with Crippen LogP contribution in [0.15, 0.2) is 59.4 Å². The number of nitrogens with two attached hydrogens (primary N) is 1. The molecule has 0 fully saturated rings. The third kappa shape index (κ3) is 1.26. The Balaban J connectivity index is 2.45. The Kier molecular flexibility index (Phi) is 1.71. The Hall–Kier alpha value is -1.50. The van der Waals surface area contributed by atoms with Gasteiger partial charge in [0.25, 0.3) is 0 Å². The number of allylic oxidation sites excluding steroid dienone is 9. The van der Waals surface area contributed by atoms with E-state index in [2.05, 4.69) is 24.3 Å². The summed E-state index contributed by atoms with van der Waals surface area (Å²) in [5.74, 6) is 0. The monoisotopic (exact) mass is 157 g/mol. The van der Waals surface area contributed by atoms with Crippen LogP contribution in [-0.2, 0) is 0 Å². The first-order valence-electron chi connectivity index (χ1n) is 4.08. The highest BCUT2D eigenvalue weighted by Crippen LogP contribution is 2.23. The van der Waals surface area contributed by atoms with Crippen LogP contribution in [-0.4, -0.2) is 0 Å². The van der Waals surface area contributed by atoms with E-state index >= 15 is 0 Å². The molecule has 0 heterocycles. The minimum absolute atomic E-state index is 0.833. The highest BCUT2D eigenvalue weighted by molar-refractivity contribution is 5.51. The van der Waals surface area contributed by atoms with Gasteiger partial charge in [0.05, 0.1) is 0 Å². The molecule has 0 saturated carbocycles. The molecule has 2 rings (SSSR count). The van der Waals surface area contributed by atoms with Crippen LogP contribution in [0.5, 0.6) is 0 Å². The van der Waals surface area contributed by atoms with Crippen molar-refractivity contribution in [3.63, 3.8) is 0 Å². The van der Waals surface area contributed by atoms with Gasteiger partial charge in [0, 0.05) is 5.70 Å². The molecule has 2 aliphatic rings. The van der Waals surface area contributed by atoms with Gasteiger partial charge in [0.15, 0.2) is 0 Å². The van der Waals surface area contributed by atoms with Gasteiger partial charge in [-0.15, -0.1) is 0 Å². The van der Waals surface area contributed by atoms with Crippen LogP contribution in [0, 0.1) is 0 Å². The van der Waals surface area contributed by atoms with Crippen molar-refractivity contribution < 1.29 is 0 Å². The highest BCUT2D eigenvalue weighted by Gasteiger charge is 2.05. The number of fused-ring (bicyclic) bond motifs is 1. The van der Waals surface area contributed by atoms with Crippen molar-refractivity contribution in [2.45, 2.75) is 6.42 Å². The highest BCUT2D eigenvalue weighted by atomic mass is 14.6. The normalized spacial score (nSPS) is 20.5. The van der Waals surface area contributed by atoms with E-state index in [0.29, 0.717) is 0 Å². The maximum atomic E-state index is 5.72. The minimum atomic E-state index is 0.833. The summed E-state index contributed by atoms with van der Waals surface area (Å²) in [4.78, 5) is 0. The Labute approximate surface area is 72.3 Å². The number of hydrogen-bond donors (Lipinski definition) is 1. The van der Waals surface area contributed by atoms with Crippen molar-refractivity contribution >= 4 is 0 Å². The molecule has 1 nitrogen and oxygen atoms in total. The van der Waals surface area contributed by atoms with Crippen molar-refractivity contribution in [3.05, 3.63) is 59.4 Å². The summed E-state index contributed by atoms with van der Waals surface area (Å²) in [6.07, 6.45) is 15.4. The topological polar surface area (TPSA) is 26.0 Å². The zero-order valence-electron chi connectivity index (χ0n) is 6.83. The van der Waals surface area contributed by atoms with Crippen LogP contribution < -0.4 is 5.73 Å². The summed E-state index contributed by atoms with van der Waals surface area (Å²) < 4.78 is 0. The zero-order chi connectivity index (χ0) is 8.39. The third-order valence-corrected chi connectivity index (χ3v) is 2.03. The van der Waals surface area contributed by atoms with E-state index in [-0.39, 0.29) is 0 Å². The minimum Gasteiger partial charge on any atom is -0.399 e.